The van der Waals surface area contributed by atoms with Gasteiger partial charge in [-0.05, 0) is 36.6 Å². The van der Waals surface area contributed by atoms with Crippen molar-refractivity contribution >= 4 is 43.2 Å². The minimum absolute atomic E-state index is 0.00226. The second kappa shape index (κ2) is 9.00. The number of amides is 1. The number of carbonyl (C=O) groups excluding carboxylic acids is 1. The molecule has 0 atom stereocenters. The molecular weight excluding hydrogens is 471 g/mol. The number of sulfonamides is 1. The van der Waals surface area contributed by atoms with Crippen LogP contribution in [0.25, 0.3) is 0 Å². The molecule has 10 heteroatoms. The van der Waals surface area contributed by atoms with Gasteiger partial charge in [-0.3, -0.25) is 4.79 Å². The van der Waals surface area contributed by atoms with E-state index in [1.807, 2.05) is 0 Å². The standard InChI is InChI=1S/C18H20BrFN2O4S2/c1-2-21(12-13-11-14(19)3-4-15(13)20)18(23)17-16(5-10-27-17)28(24,25)22-6-8-26-9-7-22/h3-5,10-11H,2,6-9,12H2,1H3. The number of hydrogen-bond donors (Lipinski definition) is 0. The van der Waals surface area contributed by atoms with E-state index in [1.54, 1.807) is 24.4 Å². The largest absolute Gasteiger partial charge is 0.379 e. The average Bonchev–Trinajstić information content (AvgIpc) is 3.19. The Morgan fingerprint density at radius 1 is 1.32 bits per heavy atom. The van der Waals surface area contributed by atoms with Crippen molar-refractivity contribution in [1.29, 1.82) is 0 Å². The third kappa shape index (κ3) is 4.46. The molecule has 152 valence electrons. The van der Waals surface area contributed by atoms with E-state index in [-0.39, 0.29) is 29.4 Å². The van der Waals surface area contributed by atoms with Crippen molar-refractivity contribution in [3.63, 3.8) is 0 Å². The number of ether oxygens (including phenoxy) is 1. The molecule has 0 unspecified atom stereocenters. The first kappa shape index (κ1) is 21.4. The Morgan fingerprint density at radius 2 is 2.04 bits per heavy atom. The van der Waals surface area contributed by atoms with Crippen molar-refractivity contribution in [2.75, 3.05) is 32.8 Å². The third-order valence-corrected chi connectivity index (χ3v) is 7.91. The Hall–Kier alpha value is -1.33. The highest BCUT2D eigenvalue weighted by Gasteiger charge is 2.32. The van der Waals surface area contributed by atoms with Gasteiger partial charge in [0, 0.05) is 36.2 Å². The van der Waals surface area contributed by atoms with Crippen LogP contribution in [0.15, 0.2) is 39.0 Å². The molecule has 2 aromatic rings. The van der Waals surface area contributed by atoms with Gasteiger partial charge in [0.25, 0.3) is 5.91 Å². The summed E-state index contributed by atoms with van der Waals surface area (Å²) in [5, 5.41) is 1.59. The van der Waals surface area contributed by atoms with Gasteiger partial charge in [0.1, 0.15) is 15.6 Å². The quantitative estimate of drug-likeness (QED) is 0.622. The van der Waals surface area contributed by atoms with E-state index < -0.39 is 21.7 Å². The van der Waals surface area contributed by atoms with E-state index in [4.69, 9.17) is 4.74 Å². The molecule has 0 bridgehead atoms. The fraction of sp³-hybridized carbons (Fsp3) is 0.389. The number of benzene rings is 1. The summed E-state index contributed by atoms with van der Waals surface area (Å²) >= 11 is 4.38. The van der Waals surface area contributed by atoms with Crippen LogP contribution in [0.3, 0.4) is 0 Å². The fourth-order valence-corrected chi connectivity index (χ4v) is 6.10. The molecule has 1 fully saturated rings. The third-order valence-electron chi connectivity index (χ3n) is 4.45. The van der Waals surface area contributed by atoms with E-state index in [0.717, 1.165) is 11.3 Å². The molecule has 1 aromatic heterocycles. The highest BCUT2D eigenvalue weighted by molar-refractivity contribution is 9.10. The van der Waals surface area contributed by atoms with Gasteiger partial charge in [-0.25, -0.2) is 12.8 Å². The predicted octanol–water partition coefficient (Wildman–Crippen LogP) is 3.33. The summed E-state index contributed by atoms with van der Waals surface area (Å²) in [6, 6.07) is 5.99. The van der Waals surface area contributed by atoms with Gasteiger partial charge >= 0.3 is 0 Å². The summed E-state index contributed by atoms with van der Waals surface area (Å²) in [4.78, 5) is 14.7. The summed E-state index contributed by atoms with van der Waals surface area (Å²) in [7, 11) is -3.79. The highest BCUT2D eigenvalue weighted by atomic mass is 79.9. The molecule has 2 heterocycles. The van der Waals surface area contributed by atoms with Crippen LogP contribution in [0.4, 0.5) is 4.39 Å². The number of rotatable bonds is 6. The lowest BCUT2D eigenvalue weighted by molar-refractivity contribution is 0.0725. The van der Waals surface area contributed by atoms with Crippen LogP contribution >= 0.6 is 27.3 Å². The van der Waals surface area contributed by atoms with Crippen LogP contribution in [0, 0.1) is 5.82 Å². The van der Waals surface area contributed by atoms with E-state index in [1.165, 1.54) is 21.3 Å². The van der Waals surface area contributed by atoms with Gasteiger partial charge in [-0.15, -0.1) is 11.3 Å². The molecule has 0 N–H and O–H groups in total. The maximum Gasteiger partial charge on any atom is 0.265 e. The molecule has 28 heavy (non-hydrogen) atoms. The first-order valence-electron chi connectivity index (χ1n) is 8.73. The monoisotopic (exact) mass is 490 g/mol. The zero-order valence-corrected chi connectivity index (χ0v) is 18.4. The Morgan fingerprint density at radius 3 is 2.71 bits per heavy atom. The SMILES string of the molecule is CCN(Cc1cc(Br)ccc1F)C(=O)c1sccc1S(=O)(=O)N1CCOCC1. The molecule has 3 rings (SSSR count). The molecular formula is C18H20BrFN2O4S2. The molecule has 1 aliphatic rings. The van der Waals surface area contributed by atoms with Crippen molar-refractivity contribution in [1.82, 2.24) is 9.21 Å². The van der Waals surface area contributed by atoms with Crippen molar-refractivity contribution < 1.29 is 22.3 Å². The Balaban J connectivity index is 1.88. The van der Waals surface area contributed by atoms with Crippen LogP contribution in [0.2, 0.25) is 0 Å². The van der Waals surface area contributed by atoms with E-state index in [0.29, 0.717) is 29.8 Å². The van der Waals surface area contributed by atoms with Crippen molar-refractivity contribution in [3.05, 3.63) is 50.4 Å². The number of thiophene rings is 1. The molecule has 0 radical (unpaired) electrons. The molecule has 6 nitrogen and oxygen atoms in total. The average molecular weight is 491 g/mol. The van der Waals surface area contributed by atoms with E-state index in [9.17, 15) is 17.6 Å². The smallest absolute Gasteiger partial charge is 0.265 e. The van der Waals surface area contributed by atoms with Crippen molar-refractivity contribution in [2.45, 2.75) is 18.4 Å². The fourth-order valence-electron chi connectivity index (χ4n) is 2.92. The summed E-state index contributed by atoms with van der Waals surface area (Å²) in [6.07, 6.45) is 0. The highest BCUT2D eigenvalue weighted by Crippen LogP contribution is 2.28. The zero-order valence-electron chi connectivity index (χ0n) is 15.2. The normalized spacial score (nSPS) is 15.5. The maximum absolute atomic E-state index is 14.1. The number of halogens is 2. The van der Waals surface area contributed by atoms with Crippen LogP contribution in [-0.4, -0.2) is 56.4 Å². The van der Waals surface area contributed by atoms with E-state index >= 15 is 0 Å². The van der Waals surface area contributed by atoms with Gasteiger partial charge in [0.15, 0.2) is 0 Å². The molecule has 1 aromatic carbocycles. The maximum atomic E-state index is 14.1. The molecule has 0 saturated carbocycles. The van der Waals surface area contributed by atoms with Crippen molar-refractivity contribution in [2.24, 2.45) is 0 Å². The molecule has 1 saturated heterocycles. The van der Waals surface area contributed by atoms with Gasteiger partial charge in [0.2, 0.25) is 10.0 Å². The first-order valence-corrected chi connectivity index (χ1v) is 11.8. The van der Waals surface area contributed by atoms with Crippen LogP contribution in [-0.2, 0) is 21.3 Å². The Bertz CT molecular complexity index is 958. The van der Waals surface area contributed by atoms with Crippen molar-refractivity contribution in [3.8, 4) is 0 Å². The second-order valence-corrected chi connectivity index (χ2v) is 9.92. The lowest BCUT2D eigenvalue weighted by Gasteiger charge is -2.27. The van der Waals surface area contributed by atoms with Crippen LogP contribution < -0.4 is 0 Å². The van der Waals surface area contributed by atoms with Gasteiger partial charge in [-0.2, -0.15) is 4.31 Å². The molecule has 0 aliphatic carbocycles. The number of hydrogen-bond acceptors (Lipinski definition) is 5. The first-order chi connectivity index (χ1) is 13.3. The van der Waals surface area contributed by atoms with Gasteiger partial charge < -0.3 is 9.64 Å². The Labute approximate surface area is 176 Å². The van der Waals surface area contributed by atoms with Crippen LogP contribution in [0.5, 0.6) is 0 Å². The lowest BCUT2D eigenvalue weighted by atomic mass is 10.2. The molecule has 1 amide bonds. The summed E-state index contributed by atoms with van der Waals surface area (Å²) in [6.45, 7) is 3.32. The molecule has 0 spiro atoms. The zero-order chi connectivity index (χ0) is 20.3. The summed E-state index contributed by atoms with van der Waals surface area (Å²) < 4.78 is 47.3. The minimum Gasteiger partial charge on any atom is -0.379 e. The Kier molecular flexibility index (Phi) is 6.87. The number of nitrogens with zero attached hydrogens (tertiary/aromatic N) is 2. The summed E-state index contributed by atoms with van der Waals surface area (Å²) in [5.41, 5.74) is 0.360. The number of morpholine rings is 1. The predicted molar refractivity (Wildman–Crippen MR) is 108 cm³/mol. The lowest BCUT2D eigenvalue weighted by Crippen LogP contribution is -2.41. The van der Waals surface area contributed by atoms with Gasteiger partial charge in [0.05, 0.1) is 13.2 Å². The van der Waals surface area contributed by atoms with Gasteiger partial charge in [-0.1, -0.05) is 15.9 Å². The topological polar surface area (TPSA) is 66.9 Å². The minimum atomic E-state index is -3.79. The van der Waals surface area contributed by atoms with Crippen LogP contribution in [0.1, 0.15) is 22.2 Å². The summed E-state index contributed by atoms with van der Waals surface area (Å²) in [5.74, 6) is -0.842. The van der Waals surface area contributed by atoms with E-state index in [2.05, 4.69) is 15.9 Å². The number of carbonyl (C=O) groups is 1. The molecule has 1 aliphatic heterocycles. The second-order valence-electron chi connectivity index (χ2n) is 6.19.